The van der Waals surface area contributed by atoms with Crippen molar-refractivity contribution >= 4 is 18.7 Å². The number of hydrogen-bond donors (Lipinski definition) is 0. The highest BCUT2D eigenvalue weighted by atomic mass is 28.4. The van der Waals surface area contributed by atoms with Crippen LogP contribution >= 0.6 is 0 Å². The van der Waals surface area contributed by atoms with Crippen LogP contribution in [0.5, 0.6) is 0 Å². The van der Waals surface area contributed by atoms with E-state index in [0.29, 0.717) is 19.4 Å². The zero-order valence-corrected chi connectivity index (χ0v) is 16.3. The van der Waals surface area contributed by atoms with Gasteiger partial charge in [-0.3, -0.25) is 10.1 Å². The summed E-state index contributed by atoms with van der Waals surface area (Å²) < 4.78 is 6.66. The van der Waals surface area contributed by atoms with Gasteiger partial charge in [-0.05, 0) is 21.8 Å². The van der Waals surface area contributed by atoms with Crippen LogP contribution in [0.3, 0.4) is 0 Å². The van der Waals surface area contributed by atoms with Gasteiger partial charge in [-0.15, -0.1) is 0 Å². The minimum absolute atomic E-state index is 0.00407. The number of benzene rings is 2. The molecule has 2 aromatic carbocycles. The van der Waals surface area contributed by atoms with Crippen molar-refractivity contribution < 1.29 is 9.35 Å². The summed E-state index contributed by atoms with van der Waals surface area (Å²) in [5.74, 6) is 0. The molecule has 0 spiro atoms. The van der Waals surface area contributed by atoms with Gasteiger partial charge in [0.25, 0.3) is 8.32 Å². The molecule has 0 bridgehead atoms. The Morgan fingerprint density at radius 2 is 1.40 bits per heavy atom. The first-order chi connectivity index (χ1) is 11.9. The fourth-order valence-corrected chi connectivity index (χ4v) is 7.94. The van der Waals surface area contributed by atoms with Crippen molar-refractivity contribution in [2.24, 2.45) is 0 Å². The first-order valence-electron chi connectivity index (χ1n) is 8.75. The van der Waals surface area contributed by atoms with Crippen LogP contribution in [-0.4, -0.2) is 26.4 Å². The molecule has 2 rings (SSSR count). The molecule has 25 heavy (non-hydrogen) atoms. The highest BCUT2D eigenvalue weighted by molar-refractivity contribution is 6.99. The van der Waals surface area contributed by atoms with Gasteiger partial charge in [0.1, 0.15) is 0 Å². The van der Waals surface area contributed by atoms with Gasteiger partial charge in [-0.25, -0.2) is 0 Å². The van der Waals surface area contributed by atoms with Crippen LogP contribution in [0.25, 0.3) is 0 Å². The van der Waals surface area contributed by atoms with Crippen molar-refractivity contribution in [3.8, 4) is 0 Å². The molecule has 0 atom stereocenters. The summed E-state index contributed by atoms with van der Waals surface area (Å²) in [6.45, 7) is 7.24. The molecular formula is C20H27NO3Si. The molecule has 0 fully saturated rings. The maximum absolute atomic E-state index is 10.5. The van der Waals surface area contributed by atoms with Crippen molar-refractivity contribution in [2.75, 3.05) is 13.2 Å². The van der Waals surface area contributed by atoms with E-state index in [1.807, 2.05) is 12.1 Å². The van der Waals surface area contributed by atoms with Crippen LogP contribution in [0.4, 0.5) is 0 Å². The fraction of sp³-hybridized carbons (Fsp3) is 0.400. The molecule has 0 aliphatic carbocycles. The summed E-state index contributed by atoms with van der Waals surface area (Å²) in [4.78, 5) is 10.3. The summed E-state index contributed by atoms with van der Waals surface area (Å²) in [6.07, 6.45) is 1.25. The lowest BCUT2D eigenvalue weighted by atomic mass is 10.2. The minimum Gasteiger partial charge on any atom is -0.407 e. The number of rotatable bonds is 8. The van der Waals surface area contributed by atoms with Gasteiger partial charge >= 0.3 is 0 Å². The summed E-state index contributed by atoms with van der Waals surface area (Å²) in [6, 6.07) is 20.9. The average Bonchev–Trinajstić information content (AvgIpc) is 2.58. The van der Waals surface area contributed by atoms with E-state index >= 15 is 0 Å². The molecular weight excluding hydrogens is 330 g/mol. The van der Waals surface area contributed by atoms with Crippen LogP contribution in [0.15, 0.2) is 60.7 Å². The van der Waals surface area contributed by atoms with Gasteiger partial charge in [0, 0.05) is 18.0 Å². The molecule has 0 saturated carbocycles. The molecule has 5 heteroatoms. The first-order valence-corrected chi connectivity index (χ1v) is 10.7. The Bertz CT molecular complexity index is 629. The summed E-state index contributed by atoms with van der Waals surface area (Å²) in [5, 5.41) is 13.0. The summed E-state index contributed by atoms with van der Waals surface area (Å²) in [5.41, 5.74) is 0. The van der Waals surface area contributed by atoms with E-state index in [1.165, 1.54) is 10.4 Å². The second-order valence-electron chi connectivity index (χ2n) is 7.28. The average molecular weight is 358 g/mol. The Hall–Kier alpha value is -1.98. The van der Waals surface area contributed by atoms with Gasteiger partial charge in [0.2, 0.25) is 6.54 Å². The van der Waals surface area contributed by atoms with E-state index < -0.39 is 8.32 Å². The SMILES string of the molecule is CC(C)(C)[Si](OCCCC[N+](=O)[O-])(c1ccccc1)c1ccccc1. The molecule has 134 valence electrons. The van der Waals surface area contributed by atoms with E-state index in [0.717, 1.165) is 0 Å². The zero-order valence-electron chi connectivity index (χ0n) is 15.3. The highest BCUT2D eigenvalue weighted by Gasteiger charge is 2.49. The standard InChI is InChI=1S/C20H27NO3Si/c1-20(2,3)25(18-12-6-4-7-13-18,19-14-8-5-9-15-19)24-17-11-10-16-21(22)23/h4-9,12-15H,10-11,16-17H2,1-3H3. The third kappa shape index (κ3) is 4.55. The van der Waals surface area contributed by atoms with Gasteiger partial charge < -0.3 is 4.43 Å². The number of hydrogen-bond acceptors (Lipinski definition) is 3. The number of unbranched alkanes of at least 4 members (excludes halogenated alkanes) is 1. The van der Waals surface area contributed by atoms with Crippen LogP contribution in [0, 0.1) is 10.1 Å². The predicted molar refractivity (Wildman–Crippen MR) is 105 cm³/mol. The van der Waals surface area contributed by atoms with Gasteiger partial charge in [0.15, 0.2) is 0 Å². The first kappa shape index (κ1) is 19.3. The minimum atomic E-state index is -2.50. The van der Waals surface area contributed by atoms with Gasteiger partial charge in [-0.2, -0.15) is 0 Å². The maximum Gasteiger partial charge on any atom is 0.261 e. The molecule has 0 heterocycles. The Labute approximate surface area is 151 Å². The molecule has 0 aliphatic rings. The number of nitro groups is 1. The van der Waals surface area contributed by atoms with E-state index in [2.05, 4.69) is 69.3 Å². The largest absolute Gasteiger partial charge is 0.407 e. The van der Waals surface area contributed by atoms with Crippen molar-refractivity contribution in [1.29, 1.82) is 0 Å². The van der Waals surface area contributed by atoms with Crippen molar-refractivity contribution in [2.45, 2.75) is 38.7 Å². The van der Waals surface area contributed by atoms with Crippen LogP contribution in [0.1, 0.15) is 33.6 Å². The molecule has 2 aromatic rings. The summed E-state index contributed by atoms with van der Waals surface area (Å²) >= 11 is 0. The maximum atomic E-state index is 10.5. The van der Waals surface area contributed by atoms with Crippen molar-refractivity contribution in [1.82, 2.24) is 0 Å². The Morgan fingerprint density at radius 3 is 1.80 bits per heavy atom. The topological polar surface area (TPSA) is 52.4 Å². The quantitative estimate of drug-likeness (QED) is 0.314. The van der Waals surface area contributed by atoms with E-state index in [1.54, 1.807) is 0 Å². The Morgan fingerprint density at radius 1 is 0.920 bits per heavy atom. The molecule has 0 unspecified atom stereocenters. The molecule has 4 nitrogen and oxygen atoms in total. The number of nitrogens with zero attached hydrogens (tertiary/aromatic N) is 1. The third-order valence-corrected chi connectivity index (χ3v) is 9.51. The van der Waals surface area contributed by atoms with Crippen molar-refractivity contribution in [3.05, 3.63) is 70.8 Å². The van der Waals surface area contributed by atoms with Gasteiger partial charge in [0.05, 0.1) is 0 Å². The lowest BCUT2D eigenvalue weighted by Crippen LogP contribution is -2.66. The van der Waals surface area contributed by atoms with Crippen LogP contribution in [-0.2, 0) is 4.43 Å². The molecule has 0 amide bonds. The Kier molecular flexibility index (Phi) is 6.50. The normalized spacial score (nSPS) is 12.1. The van der Waals surface area contributed by atoms with Crippen molar-refractivity contribution in [3.63, 3.8) is 0 Å². The predicted octanol–water partition coefficient (Wildman–Crippen LogP) is 3.62. The van der Waals surface area contributed by atoms with E-state index in [9.17, 15) is 10.1 Å². The van der Waals surface area contributed by atoms with Crippen LogP contribution < -0.4 is 10.4 Å². The molecule has 0 aromatic heterocycles. The lowest BCUT2D eigenvalue weighted by Gasteiger charge is -2.43. The van der Waals surface area contributed by atoms with Crippen LogP contribution in [0.2, 0.25) is 5.04 Å². The smallest absolute Gasteiger partial charge is 0.261 e. The Balaban J connectivity index is 2.37. The fourth-order valence-electron chi connectivity index (χ4n) is 3.33. The molecule has 0 radical (unpaired) electrons. The highest BCUT2D eigenvalue weighted by Crippen LogP contribution is 2.36. The monoisotopic (exact) mass is 357 g/mol. The third-order valence-electron chi connectivity index (χ3n) is 4.47. The van der Waals surface area contributed by atoms with E-state index in [4.69, 9.17) is 4.43 Å². The summed E-state index contributed by atoms with van der Waals surface area (Å²) in [7, 11) is -2.50. The lowest BCUT2D eigenvalue weighted by molar-refractivity contribution is -0.480. The second-order valence-corrected chi connectivity index (χ2v) is 11.6. The van der Waals surface area contributed by atoms with E-state index in [-0.39, 0.29) is 16.5 Å². The molecule has 0 N–H and O–H groups in total. The zero-order chi connectivity index (χ0) is 18.3. The van der Waals surface area contributed by atoms with Gasteiger partial charge in [-0.1, -0.05) is 81.4 Å². The second kappa shape index (κ2) is 8.40. The molecule has 0 saturated heterocycles. The molecule has 0 aliphatic heterocycles.